The minimum atomic E-state index is -4.87. The third-order valence-electron chi connectivity index (χ3n) is 4.17. The van der Waals surface area contributed by atoms with Gasteiger partial charge in [-0.2, -0.15) is 23.4 Å². The molecule has 0 aliphatic rings. The van der Waals surface area contributed by atoms with Crippen molar-refractivity contribution in [3.63, 3.8) is 0 Å². The lowest BCUT2D eigenvalue weighted by atomic mass is 10.0. The van der Waals surface area contributed by atoms with Crippen LogP contribution < -0.4 is 10.9 Å². The number of carbonyl (C=O) groups excluding carboxylic acids is 1. The van der Waals surface area contributed by atoms with Gasteiger partial charge < -0.3 is 5.32 Å². The second-order valence-corrected chi connectivity index (χ2v) is 6.15. The highest BCUT2D eigenvalue weighted by Gasteiger charge is 2.41. The van der Waals surface area contributed by atoms with Gasteiger partial charge in [-0.3, -0.25) is 9.59 Å². The molecule has 0 fully saturated rings. The van der Waals surface area contributed by atoms with Gasteiger partial charge in [-0.15, -0.1) is 0 Å². The molecule has 3 aromatic rings. The highest BCUT2D eigenvalue weighted by molar-refractivity contribution is 5.95. The maximum atomic E-state index is 13.7. The first kappa shape index (κ1) is 19.3. The van der Waals surface area contributed by atoms with Crippen LogP contribution in [0.15, 0.2) is 47.4 Å². The average molecular weight is 391 g/mol. The van der Waals surface area contributed by atoms with Crippen LogP contribution in [0.5, 0.6) is 0 Å². The van der Waals surface area contributed by atoms with E-state index in [4.69, 9.17) is 0 Å². The molecule has 0 aliphatic heterocycles. The van der Waals surface area contributed by atoms with E-state index in [9.17, 15) is 22.8 Å². The molecule has 1 unspecified atom stereocenters. The van der Waals surface area contributed by atoms with E-state index < -0.39 is 34.9 Å². The Hall–Kier alpha value is -3.43. The Morgan fingerprint density at radius 3 is 2.54 bits per heavy atom. The predicted octanol–water partition coefficient (Wildman–Crippen LogP) is 2.77. The number of aromatic nitrogens is 4. The van der Waals surface area contributed by atoms with E-state index in [1.165, 1.54) is 0 Å². The van der Waals surface area contributed by atoms with Gasteiger partial charge in [-0.05, 0) is 31.0 Å². The first-order valence-corrected chi connectivity index (χ1v) is 8.26. The molecule has 10 heteroatoms. The van der Waals surface area contributed by atoms with Gasteiger partial charge >= 0.3 is 6.18 Å². The van der Waals surface area contributed by atoms with Crippen LogP contribution >= 0.6 is 0 Å². The number of halogens is 3. The van der Waals surface area contributed by atoms with Crippen LogP contribution in [0.4, 0.5) is 13.2 Å². The number of hydrogen-bond donors (Lipinski definition) is 2. The average Bonchev–Trinajstić information content (AvgIpc) is 3.08. The van der Waals surface area contributed by atoms with Crippen molar-refractivity contribution in [1.29, 1.82) is 0 Å². The summed E-state index contributed by atoms with van der Waals surface area (Å²) in [5.41, 5.74) is -0.796. The van der Waals surface area contributed by atoms with Crippen molar-refractivity contribution in [3.8, 4) is 5.82 Å². The van der Waals surface area contributed by atoms with Gasteiger partial charge in [0.2, 0.25) is 0 Å². The van der Waals surface area contributed by atoms with Gasteiger partial charge in [0.05, 0.1) is 17.8 Å². The van der Waals surface area contributed by atoms with Gasteiger partial charge in [0.25, 0.3) is 11.5 Å². The third kappa shape index (κ3) is 3.80. The van der Waals surface area contributed by atoms with Crippen molar-refractivity contribution in [3.05, 3.63) is 75.3 Å². The summed E-state index contributed by atoms with van der Waals surface area (Å²) in [4.78, 5) is 23.7. The molecule has 1 atom stereocenters. The first-order chi connectivity index (χ1) is 13.2. The van der Waals surface area contributed by atoms with E-state index in [2.05, 4.69) is 15.5 Å². The summed E-state index contributed by atoms with van der Waals surface area (Å²) < 4.78 is 41.4. The van der Waals surface area contributed by atoms with Crippen LogP contribution in [0.25, 0.3) is 5.82 Å². The molecule has 2 aromatic heterocycles. The van der Waals surface area contributed by atoms with Crippen molar-refractivity contribution in [2.24, 2.45) is 0 Å². The largest absolute Gasteiger partial charge is 0.434 e. The summed E-state index contributed by atoms with van der Waals surface area (Å²) in [6.07, 6.45) is -4.04. The van der Waals surface area contributed by atoms with E-state index in [1.54, 1.807) is 19.1 Å². The summed E-state index contributed by atoms with van der Waals surface area (Å²) in [5.74, 6) is -1.18. The molecule has 0 radical (unpaired) electrons. The number of aromatic amines is 1. The Labute approximate surface area is 157 Å². The van der Waals surface area contributed by atoms with Crippen LogP contribution in [0, 0.1) is 6.92 Å². The Morgan fingerprint density at radius 1 is 1.21 bits per heavy atom. The molecular weight excluding hydrogens is 375 g/mol. The van der Waals surface area contributed by atoms with Gasteiger partial charge in [0.1, 0.15) is 0 Å². The first-order valence-electron chi connectivity index (χ1n) is 8.26. The fraction of sp³-hybridized carbons (Fsp3) is 0.222. The summed E-state index contributed by atoms with van der Waals surface area (Å²) in [6, 6.07) is 8.84. The molecule has 0 saturated carbocycles. The maximum Gasteiger partial charge on any atom is 0.434 e. The van der Waals surface area contributed by atoms with E-state index in [1.807, 2.05) is 24.2 Å². The molecule has 2 N–H and O–H groups in total. The minimum absolute atomic E-state index is 0.266. The fourth-order valence-electron chi connectivity index (χ4n) is 2.84. The number of nitrogens with zero attached hydrogens (tertiary/aromatic N) is 3. The van der Waals surface area contributed by atoms with Crippen molar-refractivity contribution in [2.45, 2.75) is 26.1 Å². The van der Waals surface area contributed by atoms with E-state index >= 15 is 0 Å². The van der Waals surface area contributed by atoms with Gasteiger partial charge in [0.15, 0.2) is 11.5 Å². The Balaban J connectivity index is 1.97. The topological polar surface area (TPSA) is 92.7 Å². The van der Waals surface area contributed by atoms with Crippen LogP contribution in [0.3, 0.4) is 0 Å². The van der Waals surface area contributed by atoms with Crippen LogP contribution in [0.1, 0.15) is 40.1 Å². The molecule has 1 aromatic carbocycles. The molecule has 0 saturated heterocycles. The smallest absolute Gasteiger partial charge is 0.345 e. The lowest BCUT2D eigenvalue weighted by Gasteiger charge is -2.17. The molecule has 3 rings (SSSR count). The zero-order chi connectivity index (χ0) is 20.5. The Kier molecular flexibility index (Phi) is 5.04. The zero-order valence-electron chi connectivity index (χ0n) is 14.9. The van der Waals surface area contributed by atoms with Gasteiger partial charge in [-0.25, -0.2) is 9.78 Å². The number of alkyl halides is 3. The number of benzene rings is 1. The summed E-state index contributed by atoms with van der Waals surface area (Å²) in [6.45, 7) is 3.53. The van der Waals surface area contributed by atoms with Crippen molar-refractivity contribution in [1.82, 2.24) is 25.3 Å². The van der Waals surface area contributed by atoms with Crippen LogP contribution in [-0.2, 0) is 6.18 Å². The van der Waals surface area contributed by atoms with Crippen molar-refractivity contribution < 1.29 is 18.0 Å². The number of H-pyrrole nitrogens is 1. The summed E-state index contributed by atoms with van der Waals surface area (Å²) in [7, 11) is 0. The Bertz CT molecular complexity index is 1050. The van der Waals surface area contributed by atoms with Crippen molar-refractivity contribution in [2.75, 3.05) is 0 Å². The molecule has 7 nitrogen and oxygen atoms in total. The highest BCUT2D eigenvalue weighted by atomic mass is 19.4. The highest BCUT2D eigenvalue weighted by Crippen LogP contribution is 2.33. The van der Waals surface area contributed by atoms with Crippen LogP contribution in [0.2, 0.25) is 0 Å². The van der Waals surface area contributed by atoms with E-state index in [-0.39, 0.29) is 5.82 Å². The van der Waals surface area contributed by atoms with E-state index in [0.29, 0.717) is 4.68 Å². The van der Waals surface area contributed by atoms with Crippen molar-refractivity contribution >= 4 is 5.91 Å². The summed E-state index contributed by atoms with van der Waals surface area (Å²) in [5, 5.41) is 11.8. The second-order valence-electron chi connectivity index (χ2n) is 6.15. The quantitative estimate of drug-likeness (QED) is 0.715. The zero-order valence-corrected chi connectivity index (χ0v) is 14.9. The fourth-order valence-corrected chi connectivity index (χ4v) is 2.84. The number of rotatable bonds is 4. The number of aryl methyl sites for hydroxylation is 1. The lowest BCUT2D eigenvalue weighted by molar-refractivity contribution is -0.143. The number of carbonyl (C=O) groups is 1. The predicted molar refractivity (Wildman–Crippen MR) is 94.0 cm³/mol. The molecule has 0 aliphatic carbocycles. The second kappa shape index (κ2) is 7.29. The van der Waals surface area contributed by atoms with Gasteiger partial charge in [-0.1, -0.05) is 24.3 Å². The standard InChI is InChI=1S/C18H16F3N5O2/c1-10-5-3-4-6-12(10)11(2)23-17(28)13-9-22-26(16(13)18(19,20)21)14-7-8-15(27)25-24-14/h3-9,11H,1-2H3,(H,23,28)(H,25,27). The molecule has 2 heterocycles. The molecule has 146 valence electrons. The minimum Gasteiger partial charge on any atom is -0.345 e. The Morgan fingerprint density at radius 2 is 1.93 bits per heavy atom. The maximum absolute atomic E-state index is 13.7. The SMILES string of the molecule is Cc1ccccc1C(C)NC(=O)c1cnn(-c2ccc(=O)[nH]n2)c1C(F)(F)F. The molecule has 0 bridgehead atoms. The monoisotopic (exact) mass is 391 g/mol. The van der Waals surface area contributed by atoms with Crippen LogP contribution in [-0.4, -0.2) is 25.9 Å². The van der Waals surface area contributed by atoms with Gasteiger partial charge in [0, 0.05) is 6.07 Å². The number of nitrogens with one attached hydrogen (secondary N) is 2. The van der Waals surface area contributed by atoms with E-state index in [0.717, 1.165) is 29.5 Å². The third-order valence-corrected chi connectivity index (χ3v) is 4.17. The lowest BCUT2D eigenvalue weighted by Crippen LogP contribution is -2.29. The molecule has 1 amide bonds. The normalized spacial score (nSPS) is 12.6. The number of amides is 1. The molecule has 0 spiro atoms. The molecular formula is C18H16F3N5O2. The number of hydrogen-bond acceptors (Lipinski definition) is 4. The molecule has 28 heavy (non-hydrogen) atoms. The summed E-state index contributed by atoms with van der Waals surface area (Å²) >= 11 is 0.